The number of ketones is 1. The second kappa shape index (κ2) is 6.62. The van der Waals surface area contributed by atoms with E-state index >= 15 is 0 Å². The minimum atomic E-state index is 0. The Morgan fingerprint density at radius 1 is 1.08 bits per heavy atom. The molecule has 1 heterocycles. The molecule has 1 N–H and O–H groups in total. The molecule has 3 nitrogen and oxygen atoms in total. The number of halogens is 1. The standard InChI is InChI=1S/C20H18N2O.ClH/c1-13(23)14-6-4-7-15(12-14)21-20-16-8-2-3-10-18(16)22-19-11-5-9-17(19)20;/h2-4,6-8,10,12H,5,9,11H2,1H3,(H,21,22);1H/p-1. The van der Waals surface area contributed by atoms with Gasteiger partial charge in [-0.3, -0.25) is 9.78 Å². The van der Waals surface area contributed by atoms with Crippen LogP contribution in [0.3, 0.4) is 0 Å². The molecule has 24 heavy (non-hydrogen) atoms. The highest BCUT2D eigenvalue weighted by atomic mass is 35.5. The van der Waals surface area contributed by atoms with Gasteiger partial charge in [-0.15, -0.1) is 0 Å². The van der Waals surface area contributed by atoms with E-state index in [0.717, 1.165) is 47.1 Å². The fourth-order valence-electron chi connectivity index (χ4n) is 3.31. The monoisotopic (exact) mass is 337 g/mol. The van der Waals surface area contributed by atoms with Crippen LogP contribution in [0, 0.1) is 0 Å². The van der Waals surface area contributed by atoms with Crippen molar-refractivity contribution in [3.05, 3.63) is 65.4 Å². The quantitative estimate of drug-likeness (QED) is 0.739. The van der Waals surface area contributed by atoms with E-state index < -0.39 is 0 Å². The van der Waals surface area contributed by atoms with Crippen molar-refractivity contribution in [2.75, 3.05) is 5.32 Å². The fraction of sp³-hybridized carbons (Fsp3) is 0.200. The van der Waals surface area contributed by atoms with Gasteiger partial charge in [0.2, 0.25) is 0 Å². The molecular weight excluding hydrogens is 320 g/mol. The molecule has 4 heteroatoms. The minimum Gasteiger partial charge on any atom is -1.00 e. The third kappa shape index (κ3) is 2.87. The second-order valence-electron chi connectivity index (χ2n) is 6.04. The number of carbonyl (C=O) groups is 1. The Morgan fingerprint density at radius 2 is 1.92 bits per heavy atom. The zero-order valence-electron chi connectivity index (χ0n) is 13.5. The van der Waals surface area contributed by atoms with Crippen molar-refractivity contribution in [2.24, 2.45) is 0 Å². The number of rotatable bonds is 3. The first kappa shape index (κ1) is 16.5. The Hall–Kier alpha value is -2.39. The number of anilines is 2. The summed E-state index contributed by atoms with van der Waals surface area (Å²) in [5, 5.41) is 4.69. The first-order valence-corrected chi connectivity index (χ1v) is 8.01. The van der Waals surface area contributed by atoms with Gasteiger partial charge in [0.1, 0.15) is 0 Å². The number of hydrogen-bond donors (Lipinski definition) is 1. The second-order valence-corrected chi connectivity index (χ2v) is 6.04. The number of carbonyl (C=O) groups excluding carboxylic acids is 1. The van der Waals surface area contributed by atoms with Crippen molar-refractivity contribution in [2.45, 2.75) is 26.2 Å². The Labute approximate surface area is 147 Å². The van der Waals surface area contributed by atoms with E-state index in [1.54, 1.807) is 6.92 Å². The van der Waals surface area contributed by atoms with E-state index in [1.807, 2.05) is 36.4 Å². The lowest BCUT2D eigenvalue weighted by Crippen LogP contribution is -3.00. The molecule has 0 atom stereocenters. The molecule has 0 aliphatic heterocycles. The van der Waals surface area contributed by atoms with Crippen molar-refractivity contribution in [1.82, 2.24) is 4.98 Å². The maximum Gasteiger partial charge on any atom is 0.159 e. The molecule has 0 saturated heterocycles. The number of nitrogens with one attached hydrogen (secondary N) is 1. The van der Waals surface area contributed by atoms with E-state index in [4.69, 9.17) is 4.98 Å². The van der Waals surface area contributed by atoms with Gasteiger partial charge in [-0.05, 0) is 49.9 Å². The van der Waals surface area contributed by atoms with Crippen LogP contribution in [0.2, 0.25) is 0 Å². The van der Waals surface area contributed by atoms with Gasteiger partial charge in [-0.2, -0.15) is 0 Å². The average Bonchev–Trinajstić information content (AvgIpc) is 3.03. The van der Waals surface area contributed by atoms with Crippen LogP contribution in [0.1, 0.15) is 35.0 Å². The molecule has 122 valence electrons. The predicted molar refractivity (Wildman–Crippen MR) is 93.5 cm³/mol. The smallest absolute Gasteiger partial charge is 0.159 e. The summed E-state index contributed by atoms with van der Waals surface area (Å²) in [6.07, 6.45) is 3.26. The minimum absolute atomic E-state index is 0. The van der Waals surface area contributed by atoms with Crippen LogP contribution >= 0.6 is 0 Å². The van der Waals surface area contributed by atoms with Crippen LogP contribution in [0.4, 0.5) is 11.4 Å². The average molecular weight is 338 g/mol. The molecule has 0 unspecified atom stereocenters. The molecule has 1 aliphatic carbocycles. The van der Waals surface area contributed by atoms with Crippen LogP contribution in [0.5, 0.6) is 0 Å². The normalized spacial score (nSPS) is 12.5. The number of pyridine rings is 1. The summed E-state index contributed by atoms with van der Waals surface area (Å²) in [7, 11) is 0. The molecule has 0 amide bonds. The maximum absolute atomic E-state index is 11.6. The number of benzene rings is 2. The van der Waals surface area contributed by atoms with Gasteiger partial charge in [0.25, 0.3) is 0 Å². The summed E-state index contributed by atoms with van der Waals surface area (Å²) in [4.78, 5) is 16.4. The van der Waals surface area contributed by atoms with Crippen LogP contribution in [-0.4, -0.2) is 10.8 Å². The van der Waals surface area contributed by atoms with Gasteiger partial charge in [0.15, 0.2) is 5.78 Å². The number of hydrogen-bond acceptors (Lipinski definition) is 3. The summed E-state index contributed by atoms with van der Waals surface area (Å²) >= 11 is 0. The molecule has 2 aromatic carbocycles. The van der Waals surface area contributed by atoms with Crippen LogP contribution < -0.4 is 17.7 Å². The topological polar surface area (TPSA) is 42.0 Å². The Morgan fingerprint density at radius 3 is 2.75 bits per heavy atom. The molecule has 0 radical (unpaired) electrons. The lowest BCUT2D eigenvalue weighted by Gasteiger charge is -2.15. The highest BCUT2D eigenvalue weighted by molar-refractivity contribution is 5.97. The number of para-hydroxylation sites is 1. The molecule has 1 aliphatic rings. The number of Topliss-reactive ketones (excluding diaryl/α,β-unsaturated/α-hetero) is 1. The largest absolute Gasteiger partial charge is 1.00 e. The first-order chi connectivity index (χ1) is 11.2. The number of nitrogens with zero attached hydrogens (tertiary/aromatic N) is 1. The highest BCUT2D eigenvalue weighted by Gasteiger charge is 2.19. The zero-order valence-corrected chi connectivity index (χ0v) is 14.2. The Bertz CT molecular complexity index is 921. The molecule has 0 saturated carbocycles. The van der Waals surface area contributed by atoms with Gasteiger partial charge >= 0.3 is 0 Å². The SMILES string of the molecule is CC(=O)c1cccc(Nc2c3c(nc4ccccc24)CCC3)c1.[Cl-]. The van der Waals surface area contributed by atoms with Crippen molar-refractivity contribution in [3.8, 4) is 0 Å². The Kier molecular flexibility index (Phi) is 4.54. The molecule has 0 fully saturated rings. The summed E-state index contributed by atoms with van der Waals surface area (Å²) in [6, 6.07) is 15.9. The van der Waals surface area contributed by atoms with E-state index in [0.29, 0.717) is 0 Å². The van der Waals surface area contributed by atoms with Crippen molar-refractivity contribution < 1.29 is 17.2 Å². The van der Waals surface area contributed by atoms with Gasteiger partial charge in [0.05, 0.1) is 11.2 Å². The van der Waals surface area contributed by atoms with E-state index in [9.17, 15) is 4.79 Å². The lowest BCUT2D eigenvalue weighted by atomic mass is 10.1. The van der Waals surface area contributed by atoms with Crippen molar-refractivity contribution in [1.29, 1.82) is 0 Å². The maximum atomic E-state index is 11.6. The van der Waals surface area contributed by atoms with Gasteiger partial charge < -0.3 is 17.7 Å². The van der Waals surface area contributed by atoms with E-state index in [-0.39, 0.29) is 18.2 Å². The van der Waals surface area contributed by atoms with Crippen molar-refractivity contribution >= 4 is 28.1 Å². The van der Waals surface area contributed by atoms with Crippen LogP contribution in [0.25, 0.3) is 10.9 Å². The van der Waals surface area contributed by atoms with Crippen LogP contribution in [0.15, 0.2) is 48.5 Å². The molecule has 4 rings (SSSR count). The predicted octanol–water partition coefficient (Wildman–Crippen LogP) is 1.67. The van der Waals surface area contributed by atoms with E-state index in [1.165, 1.54) is 11.3 Å². The van der Waals surface area contributed by atoms with Gasteiger partial charge in [-0.25, -0.2) is 0 Å². The lowest BCUT2D eigenvalue weighted by molar-refractivity contribution is -0.0000126. The van der Waals surface area contributed by atoms with Gasteiger partial charge in [-0.1, -0.05) is 30.3 Å². The third-order valence-corrected chi connectivity index (χ3v) is 4.46. The number of fused-ring (bicyclic) bond motifs is 2. The Balaban J connectivity index is 0.00000169. The number of aromatic nitrogens is 1. The third-order valence-electron chi connectivity index (χ3n) is 4.46. The molecular formula is C20H18ClN2O-. The molecule has 3 aromatic rings. The first-order valence-electron chi connectivity index (χ1n) is 8.01. The number of aryl methyl sites for hydroxylation is 1. The summed E-state index contributed by atoms with van der Waals surface area (Å²) in [5.41, 5.74) is 6.36. The summed E-state index contributed by atoms with van der Waals surface area (Å²) in [5.74, 6) is 0.0819. The summed E-state index contributed by atoms with van der Waals surface area (Å²) < 4.78 is 0. The fourth-order valence-corrected chi connectivity index (χ4v) is 3.31. The summed E-state index contributed by atoms with van der Waals surface area (Å²) in [6.45, 7) is 1.60. The highest BCUT2D eigenvalue weighted by Crippen LogP contribution is 2.35. The zero-order chi connectivity index (χ0) is 15.8. The van der Waals surface area contributed by atoms with Crippen molar-refractivity contribution in [3.63, 3.8) is 0 Å². The van der Waals surface area contributed by atoms with Gasteiger partial charge in [0, 0.05) is 22.3 Å². The molecule has 1 aromatic heterocycles. The molecule has 0 bridgehead atoms. The van der Waals surface area contributed by atoms with Crippen LogP contribution in [-0.2, 0) is 12.8 Å². The van der Waals surface area contributed by atoms with E-state index in [2.05, 4.69) is 17.4 Å². The molecule has 0 spiro atoms.